The topological polar surface area (TPSA) is 158 Å². The van der Waals surface area contributed by atoms with E-state index in [1.165, 1.54) is 11.8 Å². The zero-order valence-corrected chi connectivity index (χ0v) is 27.8. The Morgan fingerprint density at radius 1 is 0.854 bits per heavy atom. The number of nitrogens with zero attached hydrogens (tertiary/aromatic N) is 2. The fourth-order valence-corrected chi connectivity index (χ4v) is 5.17. The van der Waals surface area contributed by atoms with Crippen LogP contribution >= 0.6 is 11.8 Å². The van der Waals surface area contributed by atoms with Crippen LogP contribution in [0.15, 0.2) is 70.7 Å². The fraction of sp³-hybridized carbons (Fsp3) is 0.353. The van der Waals surface area contributed by atoms with E-state index in [0.29, 0.717) is 88.5 Å². The summed E-state index contributed by atoms with van der Waals surface area (Å²) in [4.78, 5) is 30.6. The number of methoxy groups -OCH3 is 1. The first-order valence-electron chi connectivity index (χ1n) is 15.4. The van der Waals surface area contributed by atoms with Gasteiger partial charge in [0.1, 0.15) is 5.69 Å². The van der Waals surface area contributed by atoms with Gasteiger partial charge in [0.25, 0.3) is 5.91 Å². The van der Waals surface area contributed by atoms with E-state index in [1.54, 1.807) is 38.7 Å². The molecule has 0 spiro atoms. The van der Waals surface area contributed by atoms with Gasteiger partial charge in [-0.1, -0.05) is 29.8 Å². The van der Waals surface area contributed by atoms with Gasteiger partial charge in [0.15, 0.2) is 0 Å². The molecule has 0 radical (unpaired) electrons. The van der Waals surface area contributed by atoms with Gasteiger partial charge >= 0.3 is 6.03 Å². The second-order valence-electron chi connectivity index (χ2n) is 9.99. The van der Waals surface area contributed by atoms with E-state index in [4.69, 9.17) is 23.7 Å². The minimum Gasteiger partial charge on any atom is -0.382 e. The molecule has 0 bridgehead atoms. The van der Waals surface area contributed by atoms with Crippen molar-refractivity contribution in [3.05, 3.63) is 77.7 Å². The third-order valence-corrected chi connectivity index (χ3v) is 7.59. The summed E-state index contributed by atoms with van der Waals surface area (Å²) in [6.07, 6.45) is 3.16. The van der Waals surface area contributed by atoms with Crippen LogP contribution in [0, 0.1) is 11.8 Å². The van der Waals surface area contributed by atoms with Gasteiger partial charge in [-0.25, -0.2) is 4.79 Å². The molecule has 0 unspecified atom stereocenters. The Bertz CT molecular complexity index is 1670. The Morgan fingerprint density at radius 2 is 1.56 bits per heavy atom. The summed E-state index contributed by atoms with van der Waals surface area (Å²) in [5.41, 5.74) is 3.14. The van der Waals surface area contributed by atoms with E-state index in [1.807, 2.05) is 36.4 Å². The number of anilines is 1. The van der Waals surface area contributed by atoms with Crippen molar-refractivity contribution >= 4 is 40.3 Å². The normalized spacial score (nSPS) is 10.8. The predicted octanol–water partition coefficient (Wildman–Crippen LogP) is 3.70. The van der Waals surface area contributed by atoms with Gasteiger partial charge in [-0.15, -0.1) is 0 Å². The number of hydrogen-bond donors (Lipinski definition) is 4. The van der Waals surface area contributed by atoms with Gasteiger partial charge in [-0.3, -0.25) is 14.9 Å². The van der Waals surface area contributed by atoms with Crippen LogP contribution < -0.4 is 16.0 Å². The average molecular weight is 677 g/mol. The highest BCUT2D eigenvalue weighted by atomic mass is 32.2. The summed E-state index contributed by atoms with van der Waals surface area (Å²) in [6.45, 7) is 4.63. The minimum atomic E-state index is -0.380. The zero-order chi connectivity index (χ0) is 33.8. The lowest BCUT2D eigenvalue weighted by molar-refractivity contribution is -0.00737. The van der Waals surface area contributed by atoms with E-state index >= 15 is 0 Å². The molecule has 2 heterocycles. The number of amides is 3. The molecule has 0 aliphatic carbocycles. The maximum absolute atomic E-state index is 12.3. The fourth-order valence-electron chi connectivity index (χ4n) is 4.19. The van der Waals surface area contributed by atoms with Crippen LogP contribution in [0.2, 0.25) is 0 Å². The lowest BCUT2D eigenvalue weighted by atomic mass is 10.2. The molecule has 48 heavy (non-hydrogen) atoms. The van der Waals surface area contributed by atoms with Crippen LogP contribution in [0.4, 0.5) is 10.5 Å². The Morgan fingerprint density at radius 3 is 2.29 bits per heavy atom. The number of carbonyl (C=O) groups excluding carboxylic acids is 2. The smallest absolute Gasteiger partial charge is 0.319 e. The highest BCUT2D eigenvalue weighted by Gasteiger charge is 2.12. The molecule has 13 nitrogen and oxygen atoms in total. The van der Waals surface area contributed by atoms with Crippen molar-refractivity contribution in [2.24, 2.45) is 0 Å². The summed E-state index contributed by atoms with van der Waals surface area (Å²) < 4.78 is 26.6. The van der Waals surface area contributed by atoms with Gasteiger partial charge in [-0.2, -0.15) is 5.10 Å². The molecule has 2 aromatic carbocycles. The summed E-state index contributed by atoms with van der Waals surface area (Å²) in [5.74, 6) is 6.02. The maximum Gasteiger partial charge on any atom is 0.319 e. The molecular weight excluding hydrogens is 636 g/mol. The van der Waals surface area contributed by atoms with Crippen LogP contribution in [0.25, 0.3) is 10.9 Å². The molecule has 0 fully saturated rings. The van der Waals surface area contributed by atoms with Gasteiger partial charge in [0.2, 0.25) is 0 Å². The van der Waals surface area contributed by atoms with E-state index in [-0.39, 0.29) is 11.9 Å². The first-order chi connectivity index (χ1) is 23.6. The largest absolute Gasteiger partial charge is 0.382 e. The number of ether oxygens (including phenoxy) is 5. The number of rotatable bonds is 19. The Kier molecular flexibility index (Phi) is 15.7. The van der Waals surface area contributed by atoms with Crippen molar-refractivity contribution in [1.29, 1.82) is 0 Å². The third kappa shape index (κ3) is 12.3. The van der Waals surface area contributed by atoms with Crippen molar-refractivity contribution in [3.63, 3.8) is 0 Å². The number of carbonyl (C=O) groups is 2. The molecule has 2 aromatic heterocycles. The Labute approximate surface area is 283 Å². The number of H-pyrrole nitrogens is 1. The quantitative estimate of drug-likeness (QED) is 0.0853. The summed E-state index contributed by atoms with van der Waals surface area (Å²) in [7, 11) is 3.25. The molecule has 4 aromatic rings. The molecule has 3 amide bonds. The molecule has 4 N–H and O–H groups in total. The molecule has 254 valence electrons. The predicted molar refractivity (Wildman–Crippen MR) is 182 cm³/mol. The van der Waals surface area contributed by atoms with Crippen molar-refractivity contribution in [1.82, 2.24) is 25.8 Å². The van der Waals surface area contributed by atoms with Crippen LogP contribution in [-0.4, -0.2) is 107 Å². The van der Waals surface area contributed by atoms with Crippen molar-refractivity contribution in [2.75, 3.05) is 85.5 Å². The zero-order valence-electron chi connectivity index (χ0n) is 27.0. The SMILES string of the molecule is CNC(=O)c1ccccc1Sc1ccc2c(C#Cc3cncc(NC(=O)NCCOCCOCCOCCOCCOC)c3)n[nH]c2c1. The second-order valence-corrected chi connectivity index (χ2v) is 11.1. The molecule has 0 saturated heterocycles. The third-order valence-electron chi connectivity index (χ3n) is 6.52. The molecule has 0 atom stereocenters. The molecule has 0 aliphatic rings. The summed E-state index contributed by atoms with van der Waals surface area (Å²) in [6, 6.07) is 14.7. The number of pyridine rings is 1. The van der Waals surface area contributed by atoms with Gasteiger partial charge in [-0.05, 0) is 42.3 Å². The van der Waals surface area contributed by atoms with Crippen molar-refractivity contribution in [3.8, 4) is 11.8 Å². The monoisotopic (exact) mass is 676 g/mol. The number of aromatic amines is 1. The number of fused-ring (bicyclic) bond motifs is 1. The van der Waals surface area contributed by atoms with Gasteiger partial charge < -0.3 is 39.6 Å². The number of urea groups is 1. The lowest BCUT2D eigenvalue weighted by Crippen LogP contribution is -2.31. The van der Waals surface area contributed by atoms with Crippen LogP contribution in [-0.2, 0) is 23.7 Å². The summed E-state index contributed by atoms with van der Waals surface area (Å²) in [5, 5.41) is 16.5. The first-order valence-corrected chi connectivity index (χ1v) is 16.2. The van der Waals surface area contributed by atoms with Gasteiger partial charge in [0, 0.05) is 47.6 Å². The van der Waals surface area contributed by atoms with Gasteiger partial charge in [0.05, 0.1) is 82.4 Å². The molecule has 0 aliphatic heterocycles. The second kappa shape index (κ2) is 20.7. The molecular formula is C34H40N6O7S. The molecule has 0 saturated carbocycles. The maximum atomic E-state index is 12.3. The first kappa shape index (κ1) is 36.3. The highest BCUT2D eigenvalue weighted by Crippen LogP contribution is 2.32. The Hall–Kier alpha value is -4.49. The van der Waals surface area contributed by atoms with E-state index in [9.17, 15) is 9.59 Å². The number of hydrogen-bond acceptors (Lipinski definition) is 10. The average Bonchev–Trinajstić information content (AvgIpc) is 3.51. The van der Waals surface area contributed by atoms with Crippen molar-refractivity contribution < 1.29 is 33.3 Å². The van der Waals surface area contributed by atoms with E-state index < -0.39 is 0 Å². The van der Waals surface area contributed by atoms with E-state index in [2.05, 4.69) is 43.0 Å². The van der Waals surface area contributed by atoms with E-state index in [0.717, 1.165) is 20.7 Å². The number of benzene rings is 2. The number of nitrogens with one attached hydrogen (secondary N) is 4. The summed E-state index contributed by atoms with van der Waals surface area (Å²) >= 11 is 1.50. The standard InChI is InChI=1S/C34H40N6O7S/c1-35-33(41)29-5-3-4-6-32(29)48-27-8-9-28-30(39-40-31(28)22-27)10-7-25-21-26(24-36-23-25)38-34(42)37-11-12-44-15-16-46-19-20-47-18-17-45-14-13-43-2/h3-6,8-9,21-24H,11-20H2,1-2H3,(H,35,41)(H,39,40)(H2,37,38,42). The van der Waals surface area contributed by atoms with Crippen LogP contribution in [0.1, 0.15) is 21.6 Å². The number of aromatic nitrogens is 3. The van der Waals surface area contributed by atoms with Crippen molar-refractivity contribution in [2.45, 2.75) is 9.79 Å². The van der Waals surface area contributed by atoms with Crippen LogP contribution in [0.5, 0.6) is 0 Å². The molecule has 14 heteroatoms. The highest BCUT2D eigenvalue weighted by molar-refractivity contribution is 7.99. The minimum absolute atomic E-state index is 0.134. The Balaban J connectivity index is 1.16. The lowest BCUT2D eigenvalue weighted by Gasteiger charge is -2.09. The molecule has 4 rings (SSSR count). The van der Waals surface area contributed by atoms with Crippen LogP contribution in [0.3, 0.4) is 0 Å².